The Labute approximate surface area is 68.5 Å². The Morgan fingerprint density at radius 1 is 1.82 bits per heavy atom. The quantitative estimate of drug-likeness (QED) is 0.250. The van der Waals surface area contributed by atoms with Gasteiger partial charge in [0.1, 0.15) is 12.2 Å². The molecule has 0 aliphatic heterocycles. The molecule has 0 bridgehead atoms. The second-order valence-electron chi connectivity index (χ2n) is 1.76. The fraction of sp³-hybridized carbons (Fsp3) is 0.250. The van der Waals surface area contributed by atoms with Crippen LogP contribution in [0.3, 0.4) is 0 Å². The fourth-order valence-corrected chi connectivity index (χ4v) is 0.603. The number of nitrogens with zero attached hydrogens (tertiary/aromatic N) is 2. The van der Waals surface area contributed by atoms with E-state index in [-0.39, 0.29) is 0 Å². The second kappa shape index (κ2) is 3.84. The summed E-state index contributed by atoms with van der Waals surface area (Å²) in [7, 11) is 0. The van der Waals surface area contributed by atoms with Gasteiger partial charge in [0.25, 0.3) is 0 Å². The number of hydrazine groups is 1. The minimum atomic E-state index is 0.376. The van der Waals surface area contributed by atoms with Gasteiger partial charge in [0.05, 0.1) is 6.54 Å². The molecule has 0 radical (unpaired) electrons. The average Bonchev–Trinajstić information content (AvgIpc) is 2.52. The molecule has 0 aliphatic rings. The largest absolute Gasteiger partial charge is 0.354 e. The molecule has 1 rings (SSSR count). The second-order valence-corrected chi connectivity index (χ2v) is 2.17. The summed E-state index contributed by atoms with van der Waals surface area (Å²) in [5.74, 6) is 5.72. The van der Waals surface area contributed by atoms with Gasteiger partial charge >= 0.3 is 0 Å². The highest BCUT2D eigenvalue weighted by atomic mass is 32.1. The highest BCUT2D eigenvalue weighted by molar-refractivity contribution is 7.80. The molecule has 11 heavy (non-hydrogen) atoms. The molecule has 0 aromatic carbocycles. The summed E-state index contributed by atoms with van der Waals surface area (Å²) in [5.41, 5.74) is 2.29. The van der Waals surface area contributed by atoms with Crippen molar-refractivity contribution in [2.75, 3.05) is 0 Å². The molecule has 0 aliphatic carbocycles. The van der Waals surface area contributed by atoms with Gasteiger partial charge in [0.15, 0.2) is 5.11 Å². The SMILES string of the molecule is NNC(=S)NCc1ncn[nH]1. The van der Waals surface area contributed by atoms with Crippen LogP contribution in [0.15, 0.2) is 6.33 Å². The molecule has 0 unspecified atom stereocenters. The van der Waals surface area contributed by atoms with Crippen molar-refractivity contribution in [3.63, 3.8) is 0 Å². The van der Waals surface area contributed by atoms with Crippen molar-refractivity contribution in [1.29, 1.82) is 0 Å². The summed E-state index contributed by atoms with van der Waals surface area (Å²) < 4.78 is 0. The van der Waals surface area contributed by atoms with E-state index in [2.05, 4.69) is 25.9 Å². The van der Waals surface area contributed by atoms with Crippen molar-refractivity contribution in [3.8, 4) is 0 Å². The molecule has 0 saturated heterocycles. The third kappa shape index (κ3) is 2.48. The fourth-order valence-electron chi connectivity index (χ4n) is 0.531. The Balaban J connectivity index is 2.29. The Morgan fingerprint density at radius 2 is 2.64 bits per heavy atom. The van der Waals surface area contributed by atoms with Crippen LogP contribution in [-0.4, -0.2) is 20.3 Å². The van der Waals surface area contributed by atoms with Gasteiger partial charge in [-0.25, -0.2) is 10.8 Å². The van der Waals surface area contributed by atoms with Gasteiger partial charge in [-0.05, 0) is 12.2 Å². The van der Waals surface area contributed by atoms with Crippen molar-refractivity contribution < 1.29 is 0 Å². The highest BCUT2D eigenvalue weighted by Gasteiger charge is 1.94. The standard InChI is InChI=1S/C4H8N6S/c5-9-4(11)6-1-3-7-2-8-10-3/h2H,1,5H2,(H2,6,9,11)(H,7,8,10). The Kier molecular flexibility index (Phi) is 2.75. The zero-order chi connectivity index (χ0) is 8.10. The molecule has 1 heterocycles. The highest BCUT2D eigenvalue weighted by Crippen LogP contribution is 1.82. The molecule has 0 fully saturated rings. The molecule has 1 aromatic heterocycles. The van der Waals surface area contributed by atoms with Crippen LogP contribution in [0.4, 0.5) is 0 Å². The molecule has 0 atom stereocenters. The molecule has 6 nitrogen and oxygen atoms in total. The van der Waals surface area contributed by atoms with Gasteiger partial charge in [-0.2, -0.15) is 5.10 Å². The Bertz CT molecular complexity index is 218. The van der Waals surface area contributed by atoms with E-state index in [9.17, 15) is 0 Å². The maximum absolute atomic E-state index is 5.01. The van der Waals surface area contributed by atoms with E-state index < -0.39 is 0 Å². The zero-order valence-corrected chi connectivity index (χ0v) is 6.48. The zero-order valence-electron chi connectivity index (χ0n) is 5.66. The predicted molar refractivity (Wildman–Crippen MR) is 43.1 cm³/mol. The Hall–Kier alpha value is -1.21. The maximum Gasteiger partial charge on any atom is 0.180 e. The van der Waals surface area contributed by atoms with Crippen LogP contribution in [-0.2, 0) is 6.54 Å². The number of nitrogens with one attached hydrogen (secondary N) is 3. The van der Waals surface area contributed by atoms with Crippen molar-refractivity contribution in [1.82, 2.24) is 25.9 Å². The van der Waals surface area contributed by atoms with Crippen LogP contribution >= 0.6 is 12.2 Å². The first kappa shape index (κ1) is 7.89. The minimum absolute atomic E-state index is 0.376. The topological polar surface area (TPSA) is 91.7 Å². The number of hydrogen-bond donors (Lipinski definition) is 4. The first-order chi connectivity index (χ1) is 5.33. The average molecular weight is 172 g/mol. The maximum atomic E-state index is 5.01. The molecular weight excluding hydrogens is 164 g/mol. The molecule has 0 spiro atoms. The monoisotopic (exact) mass is 172 g/mol. The number of nitrogens with two attached hydrogens (primary N) is 1. The molecular formula is C4H8N6S. The van der Waals surface area contributed by atoms with Crippen LogP contribution in [0.2, 0.25) is 0 Å². The van der Waals surface area contributed by atoms with E-state index in [0.29, 0.717) is 17.5 Å². The van der Waals surface area contributed by atoms with Crippen LogP contribution in [0, 0.1) is 0 Å². The minimum Gasteiger partial charge on any atom is -0.354 e. The summed E-state index contributed by atoms with van der Waals surface area (Å²) in [5, 5.41) is 9.49. The van der Waals surface area contributed by atoms with E-state index >= 15 is 0 Å². The van der Waals surface area contributed by atoms with Crippen LogP contribution in [0.25, 0.3) is 0 Å². The van der Waals surface area contributed by atoms with Crippen molar-refractivity contribution >= 4 is 17.3 Å². The number of aromatic amines is 1. The molecule has 60 valence electrons. The summed E-state index contributed by atoms with van der Waals surface area (Å²) in [6.07, 6.45) is 1.43. The Morgan fingerprint density at radius 3 is 3.18 bits per heavy atom. The van der Waals surface area contributed by atoms with E-state index in [1.807, 2.05) is 0 Å². The predicted octanol–water partition coefficient (Wildman–Crippen LogP) is -1.36. The van der Waals surface area contributed by atoms with Crippen LogP contribution in [0.5, 0.6) is 0 Å². The lowest BCUT2D eigenvalue weighted by Crippen LogP contribution is -2.39. The summed E-state index contributed by atoms with van der Waals surface area (Å²) in [6.45, 7) is 0.489. The lowest BCUT2D eigenvalue weighted by molar-refractivity contribution is 0.808. The molecule has 1 aromatic rings. The van der Waals surface area contributed by atoms with E-state index in [1.54, 1.807) is 0 Å². The third-order valence-electron chi connectivity index (χ3n) is 1.01. The van der Waals surface area contributed by atoms with E-state index in [1.165, 1.54) is 6.33 Å². The number of rotatable bonds is 2. The number of thiocarbonyl (C=S) groups is 1. The van der Waals surface area contributed by atoms with Gasteiger partial charge in [0, 0.05) is 0 Å². The third-order valence-corrected chi connectivity index (χ3v) is 1.27. The summed E-state index contributed by atoms with van der Waals surface area (Å²) >= 11 is 4.72. The van der Waals surface area contributed by atoms with E-state index in [4.69, 9.17) is 18.1 Å². The summed E-state index contributed by atoms with van der Waals surface area (Å²) in [4.78, 5) is 3.87. The van der Waals surface area contributed by atoms with Crippen molar-refractivity contribution in [2.24, 2.45) is 5.84 Å². The first-order valence-electron chi connectivity index (χ1n) is 2.91. The van der Waals surface area contributed by atoms with Crippen LogP contribution in [0.1, 0.15) is 5.82 Å². The smallest absolute Gasteiger partial charge is 0.180 e. The molecule has 0 amide bonds. The van der Waals surface area contributed by atoms with Gasteiger partial charge in [-0.15, -0.1) is 0 Å². The van der Waals surface area contributed by atoms with Crippen molar-refractivity contribution in [3.05, 3.63) is 12.2 Å². The first-order valence-corrected chi connectivity index (χ1v) is 3.32. The van der Waals surface area contributed by atoms with Crippen molar-refractivity contribution in [2.45, 2.75) is 6.54 Å². The molecule has 5 N–H and O–H groups in total. The lowest BCUT2D eigenvalue weighted by Gasteiger charge is -2.02. The number of hydrogen-bond acceptors (Lipinski definition) is 4. The summed E-state index contributed by atoms with van der Waals surface area (Å²) in [6, 6.07) is 0. The normalized spacial score (nSPS) is 9.18. The van der Waals surface area contributed by atoms with Gasteiger partial charge in [-0.1, -0.05) is 0 Å². The lowest BCUT2D eigenvalue weighted by atomic mass is 10.6. The van der Waals surface area contributed by atoms with Crippen LogP contribution < -0.4 is 16.6 Å². The molecule has 0 saturated carbocycles. The number of aromatic nitrogens is 3. The van der Waals surface area contributed by atoms with Gasteiger partial charge < -0.3 is 10.7 Å². The number of H-pyrrole nitrogens is 1. The van der Waals surface area contributed by atoms with Gasteiger partial charge in [-0.3, -0.25) is 5.10 Å². The van der Waals surface area contributed by atoms with Gasteiger partial charge in [0.2, 0.25) is 0 Å². The van der Waals surface area contributed by atoms with E-state index in [0.717, 1.165) is 0 Å². The molecule has 7 heteroatoms.